The van der Waals surface area contributed by atoms with E-state index in [0.29, 0.717) is 19.0 Å². The third-order valence-electron chi connectivity index (χ3n) is 3.19. The van der Waals surface area contributed by atoms with Crippen LogP contribution in [-0.2, 0) is 13.1 Å². The molecule has 3 N–H and O–H groups in total. The monoisotopic (exact) mass is 295 g/mol. The van der Waals surface area contributed by atoms with Crippen LogP contribution in [0.3, 0.4) is 0 Å². The largest absolute Gasteiger partial charge is 0.467 e. The molecule has 0 aliphatic rings. The fourth-order valence-corrected chi connectivity index (χ4v) is 2.10. The number of furan rings is 1. The van der Waals surface area contributed by atoms with Gasteiger partial charge in [-0.05, 0) is 29.8 Å². The molecule has 0 bridgehead atoms. The first-order chi connectivity index (χ1) is 10.8. The third kappa shape index (κ3) is 3.35. The van der Waals surface area contributed by atoms with Gasteiger partial charge in [-0.25, -0.2) is 9.67 Å². The van der Waals surface area contributed by atoms with Gasteiger partial charge in [0.2, 0.25) is 0 Å². The van der Waals surface area contributed by atoms with Crippen molar-refractivity contribution in [3.05, 3.63) is 72.4 Å². The van der Waals surface area contributed by atoms with Crippen LogP contribution in [0.2, 0.25) is 0 Å². The molecule has 3 aromatic rings. The molecule has 0 aliphatic carbocycles. The van der Waals surface area contributed by atoms with E-state index in [4.69, 9.17) is 10.2 Å². The number of nitrogens with zero attached hydrogens (tertiary/aromatic N) is 3. The van der Waals surface area contributed by atoms with E-state index in [1.54, 1.807) is 12.5 Å². The van der Waals surface area contributed by atoms with Crippen molar-refractivity contribution in [2.24, 2.45) is 10.7 Å². The van der Waals surface area contributed by atoms with Gasteiger partial charge >= 0.3 is 0 Å². The van der Waals surface area contributed by atoms with E-state index >= 15 is 0 Å². The van der Waals surface area contributed by atoms with Crippen molar-refractivity contribution in [2.45, 2.75) is 13.1 Å². The predicted octanol–water partition coefficient (Wildman–Crippen LogP) is 2.07. The molecule has 3 rings (SSSR count). The number of rotatable bonds is 5. The molecule has 112 valence electrons. The molecule has 6 nitrogen and oxygen atoms in total. The fraction of sp³-hybridized carbons (Fsp3) is 0.125. The number of para-hydroxylation sites is 1. The average molecular weight is 295 g/mol. The number of hydrogen-bond donors (Lipinski definition) is 2. The number of aliphatic imine (C=N–C) groups is 1. The molecule has 6 heteroatoms. The van der Waals surface area contributed by atoms with E-state index in [9.17, 15) is 0 Å². The van der Waals surface area contributed by atoms with E-state index in [1.165, 1.54) is 0 Å². The third-order valence-corrected chi connectivity index (χ3v) is 3.19. The summed E-state index contributed by atoms with van der Waals surface area (Å²) in [5.41, 5.74) is 7.93. The maximum absolute atomic E-state index is 5.88. The van der Waals surface area contributed by atoms with Gasteiger partial charge in [-0.1, -0.05) is 18.2 Å². The fourth-order valence-electron chi connectivity index (χ4n) is 2.10. The molecule has 0 atom stereocenters. The highest BCUT2D eigenvalue weighted by Gasteiger charge is 2.04. The first-order valence-electron chi connectivity index (χ1n) is 6.97. The summed E-state index contributed by atoms with van der Waals surface area (Å²) in [5.74, 6) is 1.20. The Balaban J connectivity index is 1.67. The summed E-state index contributed by atoms with van der Waals surface area (Å²) in [7, 11) is 0. The van der Waals surface area contributed by atoms with Crippen LogP contribution in [0.15, 0.2) is 70.5 Å². The van der Waals surface area contributed by atoms with E-state index in [-0.39, 0.29) is 0 Å². The molecule has 0 amide bonds. The van der Waals surface area contributed by atoms with Crippen LogP contribution in [0.4, 0.5) is 0 Å². The van der Waals surface area contributed by atoms with Gasteiger partial charge in [-0.2, -0.15) is 5.10 Å². The van der Waals surface area contributed by atoms with E-state index in [0.717, 1.165) is 17.0 Å². The van der Waals surface area contributed by atoms with Gasteiger partial charge < -0.3 is 15.5 Å². The molecule has 0 fully saturated rings. The molecule has 0 spiro atoms. The van der Waals surface area contributed by atoms with E-state index in [1.807, 2.05) is 53.3 Å². The molecule has 0 saturated heterocycles. The molecule has 22 heavy (non-hydrogen) atoms. The first-order valence-corrected chi connectivity index (χ1v) is 6.97. The zero-order valence-corrected chi connectivity index (χ0v) is 12.0. The van der Waals surface area contributed by atoms with Crippen LogP contribution in [0.25, 0.3) is 5.69 Å². The van der Waals surface area contributed by atoms with Crippen molar-refractivity contribution in [1.29, 1.82) is 0 Å². The lowest BCUT2D eigenvalue weighted by molar-refractivity contribution is 0.502. The Kier molecular flexibility index (Phi) is 4.20. The Bertz CT molecular complexity index is 732. The molecule has 2 heterocycles. The zero-order chi connectivity index (χ0) is 15.2. The van der Waals surface area contributed by atoms with Crippen molar-refractivity contribution >= 4 is 5.96 Å². The summed E-state index contributed by atoms with van der Waals surface area (Å²) in [6.45, 7) is 0.996. The lowest BCUT2D eigenvalue weighted by Gasteiger charge is -2.08. The highest BCUT2D eigenvalue weighted by atomic mass is 16.3. The molecular weight excluding hydrogens is 278 g/mol. The summed E-state index contributed by atoms with van der Waals surface area (Å²) in [6, 6.07) is 13.6. The minimum absolute atomic E-state index is 0.381. The smallest absolute Gasteiger partial charge is 0.189 e. The molecular formula is C16H17N5O. The van der Waals surface area contributed by atoms with Crippen LogP contribution in [0.1, 0.15) is 11.3 Å². The van der Waals surface area contributed by atoms with Gasteiger partial charge in [-0.3, -0.25) is 0 Å². The average Bonchev–Trinajstić information content (AvgIpc) is 3.24. The molecule has 0 aliphatic heterocycles. The SMILES string of the molecule is NC(=NCc1ccccc1-n1cccn1)NCc1ccco1. The Hall–Kier alpha value is -3.02. The van der Waals surface area contributed by atoms with Gasteiger partial charge in [0.15, 0.2) is 5.96 Å². The second-order valence-electron chi connectivity index (χ2n) is 4.71. The van der Waals surface area contributed by atoms with Crippen molar-refractivity contribution in [3.8, 4) is 5.69 Å². The summed E-state index contributed by atoms with van der Waals surface area (Å²) in [5, 5.41) is 7.27. The van der Waals surface area contributed by atoms with Crippen LogP contribution >= 0.6 is 0 Å². The summed E-state index contributed by atoms with van der Waals surface area (Å²) in [6.07, 6.45) is 5.28. The molecule has 0 saturated carbocycles. The lowest BCUT2D eigenvalue weighted by atomic mass is 10.2. The Morgan fingerprint density at radius 3 is 2.91 bits per heavy atom. The Morgan fingerprint density at radius 2 is 2.14 bits per heavy atom. The quantitative estimate of drug-likeness (QED) is 0.557. The van der Waals surface area contributed by atoms with Gasteiger partial charge in [0, 0.05) is 12.4 Å². The normalized spacial score (nSPS) is 11.5. The minimum atomic E-state index is 0.381. The van der Waals surface area contributed by atoms with E-state index in [2.05, 4.69) is 15.4 Å². The summed E-state index contributed by atoms with van der Waals surface area (Å²) < 4.78 is 7.05. The van der Waals surface area contributed by atoms with Gasteiger partial charge in [-0.15, -0.1) is 0 Å². The van der Waals surface area contributed by atoms with Crippen LogP contribution in [-0.4, -0.2) is 15.7 Å². The summed E-state index contributed by atoms with van der Waals surface area (Å²) >= 11 is 0. The Morgan fingerprint density at radius 1 is 1.23 bits per heavy atom. The number of guanidine groups is 1. The summed E-state index contributed by atoms with van der Waals surface area (Å²) in [4.78, 5) is 4.36. The van der Waals surface area contributed by atoms with Crippen LogP contribution < -0.4 is 11.1 Å². The Labute approximate surface area is 128 Å². The topological polar surface area (TPSA) is 81.4 Å². The molecule has 1 aromatic carbocycles. The zero-order valence-electron chi connectivity index (χ0n) is 12.0. The highest BCUT2D eigenvalue weighted by molar-refractivity contribution is 5.77. The van der Waals surface area contributed by atoms with Crippen molar-refractivity contribution < 1.29 is 4.42 Å². The second-order valence-corrected chi connectivity index (χ2v) is 4.71. The van der Waals surface area contributed by atoms with Crippen molar-refractivity contribution in [1.82, 2.24) is 15.1 Å². The maximum atomic E-state index is 5.88. The molecule has 0 radical (unpaired) electrons. The first kappa shape index (κ1) is 13.9. The molecule has 0 unspecified atom stereocenters. The van der Waals surface area contributed by atoms with Gasteiger partial charge in [0.25, 0.3) is 0 Å². The van der Waals surface area contributed by atoms with Gasteiger partial charge in [0.05, 0.1) is 25.0 Å². The predicted molar refractivity (Wildman–Crippen MR) is 84.4 cm³/mol. The lowest BCUT2D eigenvalue weighted by Crippen LogP contribution is -2.31. The second kappa shape index (κ2) is 6.62. The highest BCUT2D eigenvalue weighted by Crippen LogP contribution is 2.14. The van der Waals surface area contributed by atoms with Crippen LogP contribution in [0, 0.1) is 0 Å². The number of nitrogens with two attached hydrogens (primary N) is 1. The number of aromatic nitrogens is 2. The maximum Gasteiger partial charge on any atom is 0.189 e. The van der Waals surface area contributed by atoms with Crippen molar-refractivity contribution in [3.63, 3.8) is 0 Å². The number of hydrogen-bond acceptors (Lipinski definition) is 3. The minimum Gasteiger partial charge on any atom is -0.467 e. The van der Waals surface area contributed by atoms with Gasteiger partial charge in [0.1, 0.15) is 5.76 Å². The number of nitrogens with one attached hydrogen (secondary N) is 1. The van der Waals surface area contributed by atoms with Crippen molar-refractivity contribution in [2.75, 3.05) is 0 Å². The van der Waals surface area contributed by atoms with E-state index < -0.39 is 0 Å². The standard InChI is InChI=1S/C16H17N5O/c17-16(19-12-14-6-3-10-22-14)18-11-13-5-1-2-7-15(13)21-9-4-8-20-21/h1-10H,11-12H2,(H3,17,18,19). The number of benzene rings is 1. The van der Waals surface area contributed by atoms with Crippen LogP contribution in [0.5, 0.6) is 0 Å². The molecule has 2 aromatic heterocycles.